The van der Waals surface area contributed by atoms with Crippen molar-refractivity contribution in [3.05, 3.63) is 83.4 Å². The smallest absolute Gasteiger partial charge is 0.223 e. The van der Waals surface area contributed by atoms with Gasteiger partial charge in [-0.05, 0) is 23.3 Å². The highest BCUT2D eigenvalue weighted by atomic mass is 16.7. The van der Waals surface area contributed by atoms with Gasteiger partial charge in [0.1, 0.15) is 0 Å². The number of benzene rings is 3. The van der Waals surface area contributed by atoms with Crippen molar-refractivity contribution >= 4 is 10.8 Å². The molecule has 2 heteroatoms. The van der Waals surface area contributed by atoms with Gasteiger partial charge in [0.15, 0.2) is 0 Å². The largest absolute Gasteiger partial charge is 0.342 e. The highest BCUT2D eigenvalue weighted by molar-refractivity contribution is 5.88. The predicted molar refractivity (Wildman–Crippen MR) is 102 cm³/mol. The topological polar surface area (TPSA) is 18.5 Å². The molecule has 4 rings (SSSR count). The molecule has 1 fully saturated rings. The number of fused-ring (bicyclic) bond motifs is 1. The first kappa shape index (κ1) is 16.3. The van der Waals surface area contributed by atoms with Crippen LogP contribution in [0.25, 0.3) is 10.8 Å². The molecule has 1 saturated heterocycles. The molecule has 2 nitrogen and oxygen atoms in total. The van der Waals surface area contributed by atoms with Gasteiger partial charge >= 0.3 is 0 Å². The van der Waals surface area contributed by atoms with Gasteiger partial charge in [-0.2, -0.15) is 0 Å². The van der Waals surface area contributed by atoms with Gasteiger partial charge in [-0.25, -0.2) is 0 Å². The molecule has 0 spiro atoms. The van der Waals surface area contributed by atoms with Gasteiger partial charge in [0.2, 0.25) is 5.79 Å². The van der Waals surface area contributed by atoms with E-state index >= 15 is 0 Å². The lowest BCUT2D eigenvalue weighted by Gasteiger charge is -2.45. The third kappa shape index (κ3) is 2.76. The minimum Gasteiger partial charge on any atom is -0.342 e. The summed E-state index contributed by atoms with van der Waals surface area (Å²) >= 11 is 0. The average molecular weight is 332 g/mol. The van der Waals surface area contributed by atoms with Gasteiger partial charge < -0.3 is 9.47 Å². The molecule has 25 heavy (non-hydrogen) atoms. The minimum absolute atomic E-state index is 0.0107. The Morgan fingerprint density at radius 1 is 0.760 bits per heavy atom. The summed E-state index contributed by atoms with van der Waals surface area (Å²) in [5, 5.41) is 2.39. The molecular weight excluding hydrogens is 308 g/mol. The van der Waals surface area contributed by atoms with Crippen LogP contribution in [0.3, 0.4) is 0 Å². The first-order valence-electron chi connectivity index (χ1n) is 8.84. The minimum atomic E-state index is -0.859. The maximum atomic E-state index is 6.52. The molecule has 0 bridgehead atoms. The Labute approximate surface area is 149 Å². The number of hydrogen-bond donors (Lipinski definition) is 0. The molecule has 1 heterocycles. The van der Waals surface area contributed by atoms with Crippen LogP contribution in [0.15, 0.2) is 66.7 Å². The normalized spacial score (nSPS) is 19.0. The van der Waals surface area contributed by atoms with Crippen LogP contribution in [0.1, 0.15) is 30.5 Å². The van der Waals surface area contributed by atoms with Crippen molar-refractivity contribution in [3.63, 3.8) is 0 Å². The molecule has 3 aromatic carbocycles. The third-order valence-electron chi connectivity index (χ3n) is 4.95. The second-order valence-corrected chi connectivity index (χ2v) is 7.70. The summed E-state index contributed by atoms with van der Waals surface area (Å²) < 4.78 is 13.0. The van der Waals surface area contributed by atoms with Crippen molar-refractivity contribution in [2.45, 2.75) is 26.6 Å². The lowest BCUT2D eigenvalue weighted by molar-refractivity contribution is -0.283. The summed E-state index contributed by atoms with van der Waals surface area (Å²) in [6.45, 7) is 7.81. The Balaban J connectivity index is 1.99. The van der Waals surface area contributed by atoms with Crippen LogP contribution in [0.2, 0.25) is 0 Å². The van der Waals surface area contributed by atoms with E-state index < -0.39 is 5.79 Å². The summed E-state index contributed by atoms with van der Waals surface area (Å²) in [7, 11) is 0. The highest BCUT2D eigenvalue weighted by Crippen LogP contribution is 2.45. The second kappa shape index (κ2) is 5.98. The summed E-state index contributed by atoms with van der Waals surface area (Å²) in [5.41, 5.74) is 3.36. The number of rotatable bonds is 2. The van der Waals surface area contributed by atoms with E-state index in [1.807, 2.05) is 18.2 Å². The third-order valence-corrected chi connectivity index (χ3v) is 4.95. The lowest BCUT2D eigenvalue weighted by atomic mass is 9.86. The quantitative estimate of drug-likeness (QED) is 0.623. The molecule has 0 aliphatic carbocycles. The fraction of sp³-hybridized carbons (Fsp3) is 0.304. The lowest BCUT2D eigenvalue weighted by Crippen LogP contribution is -2.46. The molecule has 128 valence electrons. The second-order valence-electron chi connectivity index (χ2n) is 7.70. The maximum absolute atomic E-state index is 6.52. The summed E-state index contributed by atoms with van der Waals surface area (Å²) in [5.74, 6) is -0.859. The van der Waals surface area contributed by atoms with Crippen molar-refractivity contribution in [1.82, 2.24) is 0 Å². The van der Waals surface area contributed by atoms with Crippen molar-refractivity contribution in [3.8, 4) is 0 Å². The number of hydrogen-bond acceptors (Lipinski definition) is 2. The van der Waals surface area contributed by atoms with Crippen molar-refractivity contribution in [1.29, 1.82) is 0 Å². The summed E-state index contributed by atoms with van der Waals surface area (Å²) in [6.07, 6.45) is 0. The van der Waals surface area contributed by atoms with E-state index in [0.29, 0.717) is 13.2 Å². The molecule has 0 radical (unpaired) electrons. The summed E-state index contributed by atoms with van der Waals surface area (Å²) in [6, 6.07) is 23.1. The fourth-order valence-electron chi connectivity index (χ4n) is 3.61. The molecule has 0 amide bonds. The SMILES string of the molecule is Cc1ccc2ccccc2c1C1(c2ccccc2)OCC(C)(C)CO1. The maximum Gasteiger partial charge on any atom is 0.223 e. The Bertz CT molecular complexity index is 886. The van der Waals surface area contributed by atoms with Gasteiger partial charge in [0.25, 0.3) is 0 Å². The first-order valence-corrected chi connectivity index (χ1v) is 8.84. The monoisotopic (exact) mass is 332 g/mol. The van der Waals surface area contributed by atoms with E-state index in [0.717, 1.165) is 11.1 Å². The molecule has 1 aliphatic heterocycles. The van der Waals surface area contributed by atoms with E-state index in [2.05, 4.69) is 69.3 Å². The van der Waals surface area contributed by atoms with E-state index in [-0.39, 0.29) is 5.41 Å². The van der Waals surface area contributed by atoms with Gasteiger partial charge in [-0.3, -0.25) is 0 Å². The van der Waals surface area contributed by atoms with Crippen LogP contribution < -0.4 is 0 Å². The average Bonchev–Trinajstić information content (AvgIpc) is 2.63. The molecular formula is C23H24O2. The molecule has 0 unspecified atom stereocenters. The van der Waals surface area contributed by atoms with Gasteiger partial charge in [0, 0.05) is 16.5 Å². The van der Waals surface area contributed by atoms with Crippen molar-refractivity contribution in [2.75, 3.05) is 13.2 Å². The summed E-state index contributed by atoms with van der Waals surface area (Å²) in [4.78, 5) is 0. The molecule has 0 N–H and O–H groups in total. The zero-order valence-corrected chi connectivity index (χ0v) is 15.1. The molecule has 0 aromatic heterocycles. The van der Waals surface area contributed by atoms with Crippen LogP contribution in [0.5, 0.6) is 0 Å². The highest BCUT2D eigenvalue weighted by Gasteiger charge is 2.45. The van der Waals surface area contributed by atoms with Crippen molar-refractivity contribution < 1.29 is 9.47 Å². The van der Waals surface area contributed by atoms with E-state index in [1.165, 1.54) is 16.3 Å². The van der Waals surface area contributed by atoms with E-state index in [9.17, 15) is 0 Å². The number of ether oxygens (including phenoxy) is 2. The molecule has 0 saturated carbocycles. The molecule has 1 aliphatic rings. The standard InChI is InChI=1S/C23H24O2/c1-17-13-14-18-9-7-8-12-20(18)21(17)23(19-10-5-4-6-11-19)24-15-22(2,3)16-25-23/h4-14H,15-16H2,1-3H3. The van der Waals surface area contributed by atoms with Gasteiger partial charge in [0.05, 0.1) is 13.2 Å². The van der Waals surface area contributed by atoms with E-state index in [1.54, 1.807) is 0 Å². The van der Waals surface area contributed by atoms with Gasteiger partial charge in [-0.1, -0.05) is 80.6 Å². The Morgan fingerprint density at radius 2 is 1.40 bits per heavy atom. The van der Waals surface area contributed by atoms with Gasteiger partial charge in [-0.15, -0.1) is 0 Å². The molecule has 0 atom stereocenters. The zero-order valence-electron chi connectivity index (χ0n) is 15.1. The van der Waals surface area contributed by atoms with E-state index in [4.69, 9.17) is 9.47 Å². The van der Waals surface area contributed by atoms with Crippen LogP contribution in [0.4, 0.5) is 0 Å². The predicted octanol–water partition coefficient (Wildman–Crippen LogP) is 5.42. The zero-order chi connectivity index (χ0) is 17.5. The Hall–Kier alpha value is -2.16. The van der Waals surface area contributed by atoms with Crippen LogP contribution in [-0.2, 0) is 15.3 Å². The fourth-order valence-corrected chi connectivity index (χ4v) is 3.61. The first-order chi connectivity index (χ1) is 12.0. The van der Waals surface area contributed by atoms with Crippen LogP contribution >= 0.6 is 0 Å². The Kier molecular flexibility index (Phi) is 3.90. The molecule has 3 aromatic rings. The Morgan fingerprint density at radius 3 is 2.12 bits per heavy atom. The number of aryl methyl sites for hydroxylation is 1. The van der Waals surface area contributed by atoms with Crippen LogP contribution in [0, 0.1) is 12.3 Å². The van der Waals surface area contributed by atoms with Crippen LogP contribution in [-0.4, -0.2) is 13.2 Å². The van der Waals surface area contributed by atoms with Crippen molar-refractivity contribution in [2.24, 2.45) is 5.41 Å².